The molecule has 2 atom stereocenters. The molecule has 0 amide bonds. The predicted molar refractivity (Wildman–Crippen MR) is 83.9 cm³/mol. The zero-order valence-electron chi connectivity index (χ0n) is 10.8. The summed E-state index contributed by atoms with van der Waals surface area (Å²) in [6.07, 6.45) is -0.838. The van der Waals surface area contributed by atoms with Crippen LogP contribution in [0.25, 0.3) is 0 Å². The molecule has 0 saturated carbocycles. The van der Waals surface area contributed by atoms with Gasteiger partial charge in [-0.3, -0.25) is 0 Å². The Morgan fingerprint density at radius 1 is 1.24 bits per heavy atom. The first-order chi connectivity index (χ1) is 10.0. The summed E-state index contributed by atoms with van der Waals surface area (Å²) in [6, 6.07) is 9.59. The van der Waals surface area contributed by atoms with Gasteiger partial charge in [0.2, 0.25) is 5.13 Å². The summed E-state index contributed by atoms with van der Waals surface area (Å²) < 4.78 is 23.6. The van der Waals surface area contributed by atoms with Crippen LogP contribution in [0.4, 0.5) is 10.8 Å². The summed E-state index contributed by atoms with van der Waals surface area (Å²) in [6.45, 7) is 0. The van der Waals surface area contributed by atoms with Gasteiger partial charge in [-0.15, -0.1) is 10.2 Å². The van der Waals surface area contributed by atoms with Gasteiger partial charge in [0.25, 0.3) is 0 Å². The van der Waals surface area contributed by atoms with Crippen molar-refractivity contribution in [3.63, 3.8) is 0 Å². The summed E-state index contributed by atoms with van der Waals surface area (Å²) in [5.74, 6) is -0.182. The number of sulfone groups is 1. The lowest BCUT2D eigenvalue weighted by Gasteiger charge is -2.08. The van der Waals surface area contributed by atoms with E-state index < -0.39 is 15.9 Å². The third-order valence-electron chi connectivity index (χ3n) is 2.96. The molecule has 0 bridgehead atoms. The van der Waals surface area contributed by atoms with Crippen LogP contribution in [0, 0.1) is 0 Å². The molecule has 21 heavy (non-hydrogen) atoms. The fraction of sp³-hybridized carbons (Fsp3) is 0.333. The van der Waals surface area contributed by atoms with Gasteiger partial charge in [-0.05, 0) is 12.1 Å². The van der Waals surface area contributed by atoms with Crippen LogP contribution < -0.4 is 5.32 Å². The molecule has 0 unspecified atom stereocenters. The zero-order valence-corrected chi connectivity index (χ0v) is 13.3. The van der Waals surface area contributed by atoms with Gasteiger partial charge in [0.15, 0.2) is 14.2 Å². The minimum Gasteiger partial charge on any atom is -0.391 e. The van der Waals surface area contributed by atoms with Crippen molar-refractivity contribution in [1.82, 2.24) is 10.2 Å². The van der Waals surface area contributed by atoms with Crippen molar-refractivity contribution in [1.29, 1.82) is 0 Å². The van der Waals surface area contributed by atoms with Crippen LogP contribution >= 0.6 is 23.1 Å². The van der Waals surface area contributed by atoms with Crippen molar-refractivity contribution in [2.24, 2.45) is 0 Å². The number of aliphatic hydroxyl groups excluding tert-OH is 1. The van der Waals surface area contributed by atoms with E-state index in [0.29, 0.717) is 9.47 Å². The van der Waals surface area contributed by atoms with Crippen LogP contribution in [-0.2, 0) is 9.84 Å². The van der Waals surface area contributed by atoms with E-state index in [-0.39, 0.29) is 16.8 Å². The van der Waals surface area contributed by atoms with E-state index in [1.807, 2.05) is 30.3 Å². The van der Waals surface area contributed by atoms with E-state index in [1.54, 1.807) is 0 Å². The maximum Gasteiger partial charge on any atom is 0.210 e. The van der Waals surface area contributed by atoms with E-state index >= 15 is 0 Å². The number of thioether (sulfide) groups is 1. The molecule has 1 saturated heterocycles. The summed E-state index contributed by atoms with van der Waals surface area (Å²) in [4.78, 5) is 0. The highest BCUT2D eigenvalue weighted by Gasteiger charge is 2.37. The van der Waals surface area contributed by atoms with E-state index in [4.69, 9.17) is 0 Å². The van der Waals surface area contributed by atoms with E-state index in [0.717, 1.165) is 5.69 Å². The predicted octanol–water partition coefficient (Wildman–Crippen LogP) is 1.53. The minimum absolute atomic E-state index is 0.0140. The second-order valence-electron chi connectivity index (χ2n) is 4.66. The number of nitrogens with one attached hydrogen (secondary N) is 1. The van der Waals surface area contributed by atoms with Gasteiger partial charge in [-0.2, -0.15) is 0 Å². The topological polar surface area (TPSA) is 92.2 Å². The summed E-state index contributed by atoms with van der Waals surface area (Å²) in [7, 11) is -3.14. The van der Waals surface area contributed by atoms with E-state index in [2.05, 4.69) is 15.5 Å². The maximum atomic E-state index is 11.5. The molecular formula is C12H13N3O3S3. The van der Waals surface area contributed by atoms with Crippen LogP contribution in [0.5, 0.6) is 0 Å². The van der Waals surface area contributed by atoms with Gasteiger partial charge in [0.05, 0.1) is 22.9 Å². The van der Waals surface area contributed by atoms with Crippen LogP contribution in [0.15, 0.2) is 34.7 Å². The minimum atomic E-state index is -3.14. The Morgan fingerprint density at radius 2 is 2.00 bits per heavy atom. The van der Waals surface area contributed by atoms with Crippen molar-refractivity contribution in [3.8, 4) is 0 Å². The standard InChI is InChI=1S/C12H13N3O3S3/c16-9-6-21(17,18)7-10(9)19-12-15-14-11(20-12)13-8-4-2-1-3-5-8/h1-5,9-10,16H,6-7H2,(H,13,14)/t9-,10-/m1/s1. The molecule has 1 aromatic carbocycles. The second kappa shape index (κ2) is 5.91. The average Bonchev–Trinajstić information content (AvgIpc) is 2.95. The molecule has 2 N–H and O–H groups in total. The number of hydrogen-bond donors (Lipinski definition) is 2. The Bertz CT molecular complexity index is 718. The normalized spacial score (nSPS) is 24.0. The van der Waals surface area contributed by atoms with Gasteiger partial charge in [0.1, 0.15) is 0 Å². The van der Waals surface area contributed by atoms with Gasteiger partial charge >= 0.3 is 0 Å². The molecule has 0 radical (unpaired) electrons. The Balaban J connectivity index is 1.66. The molecule has 112 valence electrons. The van der Waals surface area contributed by atoms with Gasteiger partial charge in [-0.1, -0.05) is 41.3 Å². The van der Waals surface area contributed by atoms with Crippen LogP contribution in [0.3, 0.4) is 0 Å². The Labute approximate surface area is 130 Å². The van der Waals surface area contributed by atoms with Crippen molar-refractivity contribution in [2.75, 3.05) is 16.8 Å². The molecule has 1 aliphatic rings. The first-order valence-corrected chi connectivity index (χ1v) is 9.74. The summed E-state index contributed by atoms with van der Waals surface area (Å²) in [5.41, 5.74) is 0.911. The largest absolute Gasteiger partial charge is 0.391 e. The number of hydrogen-bond acceptors (Lipinski definition) is 8. The zero-order chi connectivity index (χ0) is 14.9. The molecule has 9 heteroatoms. The smallest absolute Gasteiger partial charge is 0.210 e. The Hall–Kier alpha value is -1.16. The lowest BCUT2D eigenvalue weighted by molar-refractivity contribution is 0.207. The molecule has 2 heterocycles. The van der Waals surface area contributed by atoms with Crippen LogP contribution in [-0.4, -0.2) is 46.6 Å². The van der Waals surface area contributed by atoms with Gasteiger partial charge < -0.3 is 10.4 Å². The summed E-state index contributed by atoms with van der Waals surface area (Å²) in [5, 5.41) is 21.2. The third kappa shape index (κ3) is 3.73. The monoisotopic (exact) mass is 343 g/mol. The number of anilines is 2. The molecular weight excluding hydrogens is 330 g/mol. The first kappa shape index (κ1) is 14.8. The maximum absolute atomic E-state index is 11.5. The van der Waals surface area contributed by atoms with Crippen molar-refractivity contribution >= 4 is 43.8 Å². The highest BCUT2D eigenvalue weighted by atomic mass is 32.2. The van der Waals surface area contributed by atoms with E-state index in [1.165, 1.54) is 23.1 Å². The van der Waals surface area contributed by atoms with Crippen molar-refractivity contribution in [3.05, 3.63) is 30.3 Å². The molecule has 3 rings (SSSR count). The fourth-order valence-corrected chi connectivity index (χ4v) is 6.52. The lowest BCUT2D eigenvalue weighted by atomic mass is 10.3. The molecule has 0 spiro atoms. The number of para-hydroxylation sites is 1. The highest BCUT2D eigenvalue weighted by Crippen LogP contribution is 2.34. The highest BCUT2D eigenvalue weighted by molar-refractivity contribution is 8.03. The molecule has 1 fully saturated rings. The first-order valence-electron chi connectivity index (χ1n) is 6.22. The number of benzene rings is 1. The Morgan fingerprint density at radius 3 is 2.67 bits per heavy atom. The van der Waals surface area contributed by atoms with Gasteiger partial charge in [0, 0.05) is 5.69 Å². The lowest BCUT2D eigenvalue weighted by Crippen LogP contribution is -2.19. The number of nitrogens with zero attached hydrogens (tertiary/aromatic N) is 2. The number of aromatic nitrogens is 2. The number of rotatable bonds is 4. The Kier molecular flexibility index (Phi) is 4.16. The van der Waals surface area contributed by atoms with Crippen LogP contribution in [0.2, 0.25) is 0 Å². The third-order valence-corrected chi connectivity index (χ3v) is 7.12. The molecule has 1 aromatic heterocycles. The molecule has 0 aliphatic carbocycles. The number of aliphatic hydroxyl groups is 1. The van der Waals surface area contributed by atoms with Crippen molar-refractivity contribution in [2.45, 2.75) is 15.7 Å². The fourth-order valence-electron chi connectivity index (χ4n) is 1.99. The second-order valence-corrected chi connectivity index (χ2v) is 9.28. The molecule has 2 aromatic rings. The van der Waals surface area contributed by atoms with E-state index in [9.17, 15) is 13.5 Å². The molecule has 1 aliphatic heterocycles. The SMILES string of the molecule is O=S1(=O)C[C@@H](O)[C@H](Sc2nnc(Nc3ccccc3)s2)C1. The van der Waals surface area contributed by atoms with Gasteiger partial charge in [-0.25, -0.2) is 8.42 Å². The average molecular weight is 343 g/mol. The quantitative estimate of drug-likeness (QED) is 0.870. The molecule has 6 nitrogen and oxygen atoms in total. The van der Waals surface area contributed by atoms with Crippen LogP contribution in [0.1, 0.15) is 0 Å². The summed E-state index contributed by atoms with van der Waals surface area (Å²) >= 11 is 2.61. The van der Waals surface area contributed by atoms with Crippen molar-refractivity contribution < 1.29 is 13.5 Å².